The minimum Gasteiger partial charge on any atom is -0.465 e. The first kappa shape index (κ1) is 15.3. The van der Waals surface area contributed by atoms with Crippen molar-refractivity contribution in [2.45, 2.75) is 45.2 Å². The van der Waals surface area contributed by atoms with Crippen LogP contribution >= 0.6 is 0 Å². The number of rotatable bonds is 1. The van der Waals surface area contributed by atoms with Crippen molar-refractivity contribution in [2.24, 2.45) is 5.41 Å². The normalized spacial score (nSPS) is 31.9. The van der Waals surface area contributed by atoms with Gasteiger partial charge in [0.1, 0.15) is 11.7 Å². The SMILES string of the molecule is CC(C)(C)C1O[C@@H]2CN(C(=O)O)CC[C@]2(c2ccccc2)O1. The maximum atomic E-state index is 11.3. The molecule has 22 heavy (non-hydrogen) atoms. The van der Waals surface area contributed by atoms with E-state index in [1.54, 1.807) is 0 Å². The fraction of sp³-hybridized carbons (Fsp3) is 0.588. The van der Waals surface area contributed by atoms with E-state index >= 15 is 0 Å². The number of hydrogen-bond donors (Lipinski definition) is 1. The van der Waals surface area contributed by atoms with Crippen LogP contribution in [0.3, 0.4) is 0 Å². The first-order valence-corrected chi connectivity index (χ1v) is 7.69. The molecule has 5 nitrogen and oxygen atoms in total. The Morgan fingerprint density at radius 3 is 2.59 bits per heavy atom. The molecule has 2 saturated heterocycles. The second kappa shape index (κ2) is 5.25. The third kappa shape index (κ3) is 2.48. The highest BCUT2D eigenvalue weighted by Gasteiger charge is 2.56. The minimum atomic E-state index is -0.899. The van der Waals surface area contributed by atoms with Crippen LogP contribution in [0.5, 0.6) is 0 Å². The van der Waals surface area contributed by atoms with Gasteiger partial charge in [0.05, 0.1) is 6.54 Å². The minimum absolute atomic E-state index is 0.160. The predicted molar refractivity (Wildman–Crippen MR) is 81.5 cm³/mol. The summed E-state index contributed by atoms with van der Waals surface area (Å²) in [6, 6.07) is 10.0. The lowest BCUT2D eigenvalue weighted by atomic mass is 9.82. The Bertz CT molecular complexity index is 554. The van der Waals surface area contributed by atoms with Crippen LogP contribution in [0.2, 0.25) is 0 Å². The average Bonchev–Trinajstić information content (AvgIpc) is 2.88. The van der Waals surface area contributed by atoms with Gasteiger partial charge in [-0.2, -0.15) is 0 Å². The van der Waals surface area contributed by atoms with Crippen molar-refractivity contribution >= 4 is 6.09 Å². The Morgan fingerprint density at radius 1 is 1.32 bits per heavy atom. The summed E-state index contributed by atoms with van der Waals surface area (Å²) in [5.74, 6) is 0. The molecule has 2 aliphatic heterocycles. The lowest BCUT2D eigenvalue weighted by molar-refractivity contribution is -0.150. The second-order valence-corrected chi connectivity index (χ2v) is 7.17. The number of hydrogen-bond acceptors (Lipinski definition) is 3. The van der Waals surface area contributed by atoms with Crippen LogP contribution in [-0.4, -0.2) is 41.6 Å². The Balaban J connectivity index is 1.96. The van der Waals surface area contributed by atoms with E-state index in [9.17, 15) is 9.90 Å². The van der Waals surface area contributed by atoms with Crippen molar-refractivity contribution in [3.05, 3.63) is 35.9 Å². The molecule has 5 heteroatoms. The van der Waals surface area contributed by atoms with Gasteiger partial charge in [0, 0.05) is 18.4 Å². The fourth-order valence-electron chi connectivity index (χ4n) is 3.23. The van der Waals surface area contributed by atoms with Crippen molar-refractivity contribution in [2.75, 3.05) is 13.1 Å². The number of carbonyl (C=O) groups is 1. The molecule has 1 aromatic carbocycles. The van der Waals surface area contributed by atoms with Crippen LogP contribution in [0.15, 0.2) is 30.3 Å². The van der Waals surface area contributed by atoms with Gasteiger partial charge in [-0.15, -0.1) is 0 Å². The van der Waals surface area contributed by atoms with Crippen molar-refractivity contribution in [3.63, 3.8) is 0 Å². The third-order valence-corrected chi connectivity index (χ3v) is 4.50. The molecule has 2 fully saturated rings. The first-order chi connectivity index (χ1) is 10.3. The van der Waals surface area contributed by atoms with E-state index in [2.05, 4.69) is 20.8 Å². The fourth-order valence-corrected chi connectivity index (χ4v) is 3.23. The van der Waals surface area contributed by atoms with Crippen LogP contribution in [0.25, 0.3) is 0 Å². The third-order valence-electron chi connectivity index (χ3n) is 4.50. The van der Waals surface area contributed by atoms with E-state index in [-0.39, 0.29) is 17.8 Å². The molecule has 1 amide bonds. The van der Waals surface area contributed by atoms with Crippen molar-refractivity contribution in [1.29, 1.82) is 0 Å². The first-order valence-electron chi connectivity index (χ1n) is 7.69. The lowest BCUT2D eigenvalue weighted by Crippen LogP contribution is -2.53. The molecule has 0 saturated carbocycles. The summed E-state index contributed by atoms with van der Waals surface area (Å²) in [5.41, 5.74) is 0.356. The molecular formula is C17H23NO4. The molecule has 1 unspecified atom stereocenters. The van der Waals surface area contributed by atoms with E-state index in [0.29, 0.717) is 19.5 Å². The number of benzene rings is 1. The average molecular weight is 305 g/mol. The van der Waals surface area contributed by atoms with Crippen LogP contribution in [0.1, 0.15) is 32.8 Å². The molecule has 3 rings (SSSR count). The number of likely N-dealkylation sites (tertiary alicyclic amines) is 1. The maximum absolute atomic E-state index is 11.3. The van der Waals surface area contributed by atoms with E-state index in [1.165, 1.54) is 4.90 Å². The van der Waals surface area contributed by atoms with Gasteiger partial charge in [-0.3, -0.25) is 0 Å². The van der Waals surface area contributed by atoms with Crippen LogP contribution < -0.4 is 0 Å². The highest BCUT2D eigenvalue weighted by atomic mass is 16.7. The van der Waals surface area contributed by atoms with Gasteiger partial charge in [0.15, 0.2) is 6.29 Å². The Kier molecular flexibility index (Phi) is 3.65. The Morgan fingerprint density at radius 2 is 2.00 bits per heavy atom. The zero-order valence-electron chi connectivity index (χ0n) is 13.3. The van der Waals surface area contributed by atoms with Crippen molar-refractivity contribution in [3.8, 4) is 0 Å². The Labute approximate surface area is 130 Å². The van der Waals surface area contributed by atoms with Gasteiger partial charge in [0.2, 0.25) is 0 Å². The molecule has 1 N–H and O–H groups in total. The topological polar surface area (TPSA) is 59.0 Å². The molecule has 0 radical (unpaired) electrons. The van der Waals surface area contributed by atoms with Gasteiger partial charge in [-0.05, 0) is 5.56 Å². The number of amides is 1. The number of carboxylic acid groups (broad SMARTS) is 1. The number of piperidine rings is 1. The molecule has 2 aliphatic rings. The van der Waals surface area contributed by atoms with Gasteiger partial charge >= 0.3 is 6.09 Å². The monoisotopic (exact) mass is 305 g/mol. The Hall–Kier alpha value is -1.59. The molecule has 3 atom stereocenters. The lowest BCUT2D eigenvalue weighted by Gasteiger charge is -2.41. The van der Waals surface area contributed by atoms with Gasteiger partial charge in [-0.1, -0.05) is 51.1 Å². The molecule has 0 aromatic heterocycles. The number of fused-ring (bicyclic) bond motifs is 1. The molecular weight excluding hydrogens is 282 g/mol. The maximum Gasteiger partial charge on any atom is 0.407 e. The molecule has 0 bridgehead atoms. The summed E-state index contributed by atoms with van der Waals surface area (Å²) < 4.78 is 12.5. The highest BCUT2D eigenvalue weighted by Crippen LogP contribution is 2.48. The summed E-state index contributed by atoms with van der Waals surface area (Å²) in [6.07, 6.45) is -0.902. The molecule has 1 aromatic rings. The zero-order valence-corrected chi connectivity index (χ0v) is 13.3. The molecule has 2 heterocycles. The number of nitrogens with zero attached hydrogens (tertiary/aromatic N) is 1. The van der Waals surface area contributed by atoms with Crippen LogP contribution in [0.4, 0.5) is 4.79 Å². The van der Waals surface area contributed by atoms with Gasteiger partial charge < -0.3 is 19.5 Å². The number of ether oxygens (including phenoxy) is 2. The second-order valence-electron chi connectivity index (χ2n) is 7.17. The molecule has 0 spiro atoms. The van der Waals surface area contributed by atoms with E-state index in [4.69, 9.17) is 9.47 Å². The summed E-state index contributed by atoms with van der Waals surface area (Å²) in [7, 11) is 0. The van der Waals surface area contributed by atoms with E-state index < -0.39 is 11.7 Å². The standard InChI is InChI=1S/C17H23NO4/c1-16(2,3)14-21-13-11-18(15(19)20)10-9-17(13,22-14)12-7-5-4-6-8-12/h4-8,13-14H,9-11H2,1-3H3,(H,19,20)/t13-,14?,17-/m1/s1. The zero-order chi connectivity index (χ0) is 16.0. The molecule has 0 aliphatic carbocycles. The van der Waals surface area contributed by atoms with Crippen LogP contribution in [0, 0.1) is 5.41 Å². The summed E-state index contributed by atoms with van der Waals surface area (Å²) >= 11 is 0. The summed E-state index contributed by atoms with van der Waals surface area (Å²) in [5, 5.41) is 9.27. The van der Waals surface area contributed by atoms with E-state index in [0.717, 1.165) is 5.56 Å². The largest absolute Gasteiger partial charge is 0.465 e. The van der Waals surface area contributed by atoms with Gasteiger partial charge in [-0.25, -0.2) is 4.79 Å². The van der Waals surface area contributed by atoms with Gasteiger partial charge in [0.25, 0.3) is 0 Å². The summed E-state index contributed by atoms with van der Waals surface area (Å²) in [6.45, 7) is 7.02. The highest BCUT2D eigenvalue weighted by molar-refractivity contribution is 5.65. The molecule has 120 valence electrons. The van der Waals surface area contributed by atoms with Crippen molar-refractivity contribution in [1.82, 2.24) is 4.90 Å². The van der Waals surface area contributed by atoms with Crippen LogP contribution in [-0.2, 0) is 15.1 Å². The van der Waals surface area contributed by atoms with E-state index in [1.807, 2.05) is 30.3 Å². The smallest absolute Gasteiger partial charge is 0.407 e. The summed E-state index contributed by atoms with van der Waals surface area (Å²) in [4.78, 5) is 12.7. The quantitative estimate of drug-likeness (QED) is 0.866. The predicted octanol–water partition coefficient (Wildman–Crippen LogP) is 3.05. The van der Waals surface area contributed by atoms with Crippen molar-refractivity contribution < 1.29 is 19.4 Å².